The first-order valence-electron chi connectivity index (χ1n) is 9.54. The molecular formula is C22H21Cl2NO4. The lowest BCUT2D eigenvalue weighted by Crippen LogP contribution is -2.22. The van der Waals surface area contributed by atoms with Gasteiger partial charge >= 0.3 is 5.97 Å². The normalized spacial score (nSPS) is 17.0. The van der Waals surface area contributed by atoms with Crippen molar-refractivity contribution >= 4 is 40.1 Å². The SMILES string of the molecule is O=C(O)c1cc2c(COC3CCCCO3)cccc2n1Cc1ccc(Cl)c(Cl)c1. The van der Waals surface area contributed by atoms with E-state index in [1.54, 1.807) is 22.8 Å². The number of hydrogen-bond donors (Lipinski definition) is 1. The van der Waals surface area contributed by atoms with Crippen molar-refractivity contribution in [2.45, 2.75) is 38.7 Å². The van der Waals surface area contributed by atoms with E-state index in [9.17, 15) is 9.90 Å². The number of carboxylic acids is 1. The lowest BCUT2D eigenvalue weighted by atomic mass is 10.1. The predicted octanol–water partition coefficient (Wildman–Crippen LogP) is 5.74. The van der Waals surface area contributed by atoms with Crippen LogP contribution in [-0.2, 0) is 22.6 Å². The number of aromatic nitrogens is 1. The van der Waals surface area contributed by atoms with E-state index >= 15 is 0 Å². The summed E-state index contributed by atoms with van der Waals surface area (Å²) >= 11 is 12.1. The van der Waals surface area contributed by atoms with Crippen LogP contribution in [0.3, 0.4) is 0 Å². The number of benzene rings is 2. The summed E-state index contributed by atoms with van der Waals surface area (Å²) in [7, 11) is 0. The number of halogens is 2. The molecule has 2 heterocycles. The number of carboxylic acid groups (broad SMARTS) is 1. The Balaban J connectivity index is 1.67. The summed E-state index contributed by atoms with van der Waals surface area (Å²) in [5, 5.41) is 11.5. The zero-order chi connectivity index (χ0) is 20.4. The van der Waals surface area contributed by atoms with Crippen LogP contribution in [0.1, 0.15) is 40.9 Å². The van der Waals surface area contributed by atoms with Crippen LogP contribution in [-0.4, -0.2) is 28.5 Å². The van der Waals surface area contributed by atoms with Crippen molar-refractivity contribution in [3.63, 3.8) is 0 Å². The minimum Gasteiger partial charge on any atom is -0.477 e. The van der Waals surface area contributed by atoms with E-state index in [-0.39, 0.29) is 12.0 Å². The first-order chi connectivity index (χ1) is 14.0. The number of carbonyl (C=O) groups is 1. The van der Waals surface area contributed by atoms with Crippen LogP contribution >= 0.6 is 23.2 Å². The summed E-state index contributed by atoms with van der Waals surface area (Å²) < 4.78 is 13.3. The molecule has 1 saturated heterocycles. The fourth-order valence-corrected chi connectivity index (χ4v) is 3.99. The van der Waals surface area contributed by atoms with Gasteiger partial charge < -0.3 is 19.1 Å². The highest BCUT2D eigenvalue weighted by atomic mass is 35.5. The number of nitrogens with zero attached hydrogens (tertiary/aromatic N) is 1. The van der Waals surface area contributed by atoms with Crippen molar-refractivity contribution in [2.24, 2.45) is 0 Å². The molecule has 1 unspecified atom stereocenters. The molecule has 4 rings (SSSR count). The van der Waals surface area contributed by atoms with E-state index in [0.29, 0.717) is 23.2 Å². The molecule has 3 aromatic rings. The first-order valence-corrected chi connectivity index (χ1v) is 10.3. The largest absolute Gasteiger partial charge is 0.477 e. The van der Waals surface area contributed by atoms with Crippen LogP contribution in [0, 0.1) is 0 Å². The lowest BCUT2D eigenvalue weighted by molar-refractivity contribution is -0.168. The van der Waals surface area contributed by atoms with Crippen molar-refractivity contribution < 1.29 is 19.4 Å². The van der Waals surface area contributed by atoms with Crippen LogP contribution in [0.4, 0.5) is 0 Å². The van der Waals surface area contributed by atoms with E-state index in [0.717, 1.165) is 47.9 Å². The fraction of sp³-hybridized carbons (Fsp3) is 0.318. The Kier molecular flexibility index (Phi) is 6.11. The van der Waals surface area contributed by atoms with Crippen LogP contribution in [0.2, 0.25) is 10.0 Å². The van der Waals surface area contributed by atoms with Crippen molar-refractivity contribution in [3.8, 4) is 0 Å². The van der Waals surface area contributed by atoms with Gasteiger partial charge in [-0.25, -0.2) is 4.79 Å². The van der Waals surface area contributed by atoms with Gasteiger partial charge in [0.2, 0.25) is 0 Å². The molecule has 1 aliphatic heterocycles. The fourth-order valence-electron chi connectivity index (χ4n) is 3.67. The predicted molar refractivity (Wildman–Crippen MR) is 113 cm³/mol. The van der Waals surface area contributed by atoms with Crippen LogP contribution < -0.4 is 0 Å². The van der Waals surface area contributed by atoms with E-state index < -0.39 is 5.97 Å². The number of ether oxygens (including phenoxy) is 2. The molecule has 0 radical (unpaired) electrons. The second-order valence-electron chi connectivity index (χ2n) is 7.13. The summed E-state index contributed by atoms with van der Waals surface area (Å²) in [5.41, 5.74) is 2.86. The van der Waals surface area contributed by atoms with Gasteiger partial charge in [0.1, 0.15) is 5.69 Å². The van der Waals surface area contributed by atoms with Gasteiger partial charge in [0.25, 0.3) is 0 Å². The quantitative estimate of drug-likeness (QED) is 0.538. The average molecular weight is 434 g/mol. The van der Waals surface area contributed by atoms with Crippen LogP contribution in [0.25, 0.3) is 10.9 Å². The molecule has 1 atom stereocenters. The highest BCUT2D eigenvalue weighted by molar-refractivity contribution is 6.42. The summed E-state index contributed by atoms with van der Waals surface area (Å²) in [6, 6.07) is 12.8. The molecule has 5 nitrogen and oxygen atoms in total. The van der Waals surface area contributed by atoms with E-state index in [4.69, 9.17) is 32.7 Å². The van der Waals surface area contributed by atoms with E-state index in [1.807, 2.05) is 24.3 Å². The van der Waals surface area contributed by atoms with Gasteiger partial charge in [-0.1, -0.05) is 41.4 Å². The molecule has 1 aromatic heterocycles. The highest BCUT2D eigenvalue weighted by Crippen LogP contribution is 2.28. The molecule has 1 N–H and O–H groups in total. The van der Waals surface area contributed by atoms with Gasteiger partial charge in [-0.05, 0) is 54.7 Å². The number of rotatable bonds is 6. The van der Waals surface area contributed by atoms with Gasteiger partial charge in [-0.3, -0.25) is 0 Å². The van der Waals surface area contributed by atoms with Crippen LogP contribution in [0.5, 0.6) is 0 Å². The molecule has 0 saturated carbocycles. The molecule has 1 aliphatic rings. The smallest absolute Gasteiger partial charge is 0.352 e. The maximum absolute atomic E-state index is 11.9. The molecule has 152 valence electrons. The Morgan fingerprint density at radius 1 is 1.17 bits per heavy atom. The van der Waals surface area contributed by atoms with Gasteiger partial charge in [-0.2, -0.15) is 0 Å². The standard InChI is InChI=1S/C22H21Cl2NO4/c23-17-8-7-14(10-18(17)24)12-25-19-5-3-4-15(16(19)11-20(25)22(26)27)13-29-21-6-1-2-9-28-21/h3-5,7-8,10-11,21H,1-2,6,9,12-13H2,(H,26,27). The van der Waals surface area contributed by atoms with Crippen molar-refractivity contribution in [1.29, 1.82) is 0 Å². The molecular weight excluding hydrogens is 413 g/mol. The minimum absolute atomic E-state index is 0.198. The molecule has 0 amide bonds. The molecule has 7 heteroatoms. The number of aromatic carboxylic acids is 1. The van der Waals surface area contributed by atoms with E-state index in [2.05, 4.69) is 0 Å². The third kappa shape index (κ3) is 4.43. The highest BCUT2D eigenvalue weighted by Gasteiger charge is 2.19. The third-order valence-electron chi connectivity index (χ3n) is 5.14. The van der Waals surface area contributed by atoms with Crippen molar-refractivity contribution in [1.82, 2.24) is 4.57 Å². The molecule has 1 fully saturated rings. The minimum atomic E-state index is -0.983. The van der Waals surface area contributed by atoms with Gasteiger partial charge in [0.15, 0.2) is 6.29 Å². The summed E-state index contributed by atoms with van der Waals surface area (Å²) in [5.74, 6) is -0.983. The molecule has 29 heavy (non-hydrogen) atoms. The summed E-state index contributed by atoms with van der Waals surface area (Å²) in [6.45, 7) is 1.47. The van der Waals surface area contributed by atoms with E-state index in [1.165, 1.54) is 0 Å². The molecule has 0 spiro atoms. The Hall–Kier alpha value is -2.05. The monoisotopic (exact) mass is 433 g/mol. The molecule has 0 aliphatic carbocycles. The van der Waals surface area contributed by atoms with Gasteiger partial charge in [-0.15, -0.1) is 0 Å². The van der Waals surface area contributed by atoms with Crippen molar-refractivity contribution in [3.05, 3.63) is 69.3 Å². The van der Waals surface area contributed by atoms with Gasteiger partial charge in [0.05, 0.1) is 16.7 Å². The average Bonchev–Trinajstić information content (AvgIpc) is 3.09. The Labute approximate surface area is 178 Å². The van der Waals surface area contributed by atoms with Crippen molar-refractivity contribution in [2.75, 3.05) is 6.61 Å². The maximum Gasteiger partial charge on any atom is 0.352 e. The number of hydrogen-bond acceptors (Lipinski definition) is 3. The Morgan fingerprint density at radius 3 is 2.76 bits per heavy atom. The summed E-state index contributed by atoms with van der Waals surface area (Å²) in [4.78, 5) is 11.9. The Bertz CT molecular complexity index is 1040. The lowest BCUT2D eigenvalue weighted by Gasteiger charge is -2.22. The zero-order valence-corrected chi connectivity index (χ0v) is 17.2. The Morgan fingerprint density at radius 2 is 2.03 bits per heavy atom. The molecule has 0 bridgehead atoms. The van der Waals surface area contributed by atoms with Crippen LogP contribution in [0.15, 0.2) is 42.5 Å². The third-order valence-corrected chi connectivity index (χ3v) is 5.88. The zero-order valence-electron chi connectivity index (χ0n) is 15.7. The molecule has 2 aromatic carbocycles. The maximum atomic E-state index is 11.9. The second-order valence-corrected chi connectivity index (χ2v) is 7.94. The summed E-state index contributed by atoms with van der Waals surface area (Å²) in [6.07, 6.45) is 2.85. The topological polar surface area (TPSA) is 60.7 Å². The van der Waals surface area contributed by atoms with Gasteiger partial charge in [0, 0.05) is 24.1 Å². The number of fused-ring (bicyclic) bond motifs is 1. The second kappa shape index (κ2) is 8.76. The first kappa shape index (κ1) is 20.2.